The standard InChI is InChI=1S/C17H25N3O2.2ClH/c21-17(12-14-13-18-8-11-22-14)19-15-6-2-3-7-16(15)20-9-4-1-5-10-20;;/h2-3,6-7,14,18H,1,4-5,8-13H2,(H,19,21);2*1H. The van der Waals surface area contributed by atoms with Crippen molar-refractivity contribution in [2.24, 2.45) is 0 Å². The highest BCUT2D eigenvalue weighted by molar-refractivity contribution is 5.94. The van der Waals surface area contributed by atoms with E-state index in [1.807, 2.05) is 18.2 Å². The molecule has 2 aliphatic rings. The molecule has 1 aromatic carbocycles. The van der Waals surface area contributed by atoms with E-state index in [0.717, 1.165) is 37.6 Å². The predicted octanol–water partition coefficient (Wildman–Crippen LogP) is 2.84. The summed E-state index contributed by atoms with van der Waals surface area (Å²) in [6.45, 7) is 4.45. The van der Waals surface area contributed by atoms with Crippen LogP contribution in [0, 0.1) is 0 Å². The number of ether oxygens (including phenoxy) is 1. The molecule has 0 spiro atoms. The smallest absolute Gasteiger partial charge is 0.227 e. The first kappa shape index (κ1) is 21.0. The summed E-state index contributed by atoms with van der Waals surface area (Å²) in [5.74, 6) is 0.0261. The Morgan fingerprint density at radius 1 is 1.21 bits per heavy atom. The first-order valence-corrected chi connectivity index (χ1v) is 8.29. The Morgan fingerprint density at radius 3 is 2.67 bits per heavy atom. The Morgan fingerprint density at radius 2 is 1.96 bits per heavy atom. The first-order valence-electron chi connectivity index (χ1n) is 8.29. The first-order chi connectivity index (χ1) is 10.8. The summed E-state index contributed by atoms with van der Waals surface area (Å²) in [6.07, 6.45) is 4.14. The molecule has 1 atom stereocenters. The molecule has 0 aliphatic carbocycles. The number of hydrogen-bond donors (Lipinski definition) is 2. The molecule has 3 rings (SSSR count). The van der Waals surface area contributed by atoms with Gasteiger partial charge in [-0.05, 0) is 31.4 Å². The van der Waals surface area contributed by atoms with Gasteiger partial charge in [0.25, 0.3) is 0 Å². The number of anilines is 2. The van der Waals surface area contributed by atoms with Crippen LogP contribution in [-0.4, -0.2) is 44.8 Å². The SMILES string of the molecule is Cl.Cl.O=C(CC1CNCCO1)Nc1ccccc1N1CCCCC1. The highest BCUT2D eigenvalue weighted by Gasteiger charge is 2.19. The molecule has 2 N–H and O–H groups in total. The third-order valence-electron chi connectivity index (χ3n) is 4.29. The molecule has 1 aromatic rings. The van der Waals surface area contributed by atoms with Crippen LogP contribution in [0.15, 0.2) is 24.3 Å². The van der Waals surface area contributed by atoms with Crippen LogP contribution in [-0.2, 0) is 9.53 Å². The average molecular weight is 376 g/mol. The van der Waals surface area contributed by atoms with Gasteiger partial charge in [-0.2, -0.15) is 0 Å². The Kier molecular flexibility index (Phi) is 9.44. The number of halogens is 2. The number of nitrogens with zero attached hydrogens (tertiary/aromatic N) is 1. The quantitative estimate of drug-likeness (QED) is 0.849. The van der Waals surface area contributed by atoms with Crippen LogP contribution in [0.3, 0.4) is 0 Å². The van der Waals surface area contributed by atoms with Crippen LogP contribution in [0.2, 0.25) is 0 Å². The number of carbonyl (C=O) groups is 1. The minimum Gasteiger partial charge on any atom is -0.375 e. The maximum atomic E-state index is 12.3. The lowest BCUT2D eigenvalue weighted by Crippen LogP contribution is -2.40. The number of rotatable bonds is 4. The minimum atomic E-state index is -0.0177. The summed E-state index contributed by atoms with van der Waals surface area (Å²) >= 11 is 0. The number of carbonyl (C=O) groups excluding carboxylic acids is 1. The van der Waals surface area contributed by atoms with Gasteiger partial charge in [-0.25, -0.2) is 0 Å². The zero-order valence-corrected chi connectivity index (χ0v) is 15.5. The van der Waals surface area contributed by atoms with Crippen molar-refractivity contribution in [3.63, 3.8) is 0 Å². The van der Waals surface area contributed by atoms with Gasteiger partial charge in [0.1, 0.15) is 0 Å². The third kappa shape index (κ3) is 5.81. The molecule has 2 aliphatic heterocycles. The van der Waals surface area contributed by atoms with E-state index >= 15 is 0 Å². The van der Waals surface area contributed by atoms with E-state index in [1.54, 1.807) is 0 Å². The molecular weight excluding hydrogens is 349 g/mol. The number of morpholine rings is 1. The number of hydrogen-bond acceptors (Lipinski definition) is 4. The Balaban J connectivity index is 0.00000144. The van der Waals surface area contributed by atoms with Crippen LogP contribution < -0.4 is 15.5 Å². The number of nitrogens with one attached hydrogen (secondary N) is 2. The van der Waals surface area contributed by atoms with E-state index in [0.29, 0.717) is 13.0 Å². The summed E-state index contributed by atoms with van der Waals surface area (Å²) < 4.78 is 5.60. The van der Waals surface area contributed by atoms with Gasteiger partial charge in [-0.1, -0.05) is 12.1 Å². The van der Waals surface area contributed by atoms with Crippen LogP contribution in [0.4, 0.5) is 11.4 Å². The van der Waals surface area contributed by atoms with Crippen molar-refractivity contribution in [1.82, 2.24) is 5.32 Å². The monoisotopic (exact) mass is 375 g/mol. The Bertz CT molecular complexity index is 504. The molecule has 0 radical (unpaired) electrons. The lowest BCUT2D eigenvalue weighted by atomic mass is 10.1. The Hall–Kier alpha value is -1.01. The molecule has 5 nitrogen and oxygen atoms in total. The van der Waals surface area contributed by atoms with Crippen molar-refractivity contribution in [3.8, 4) is 0 Å². The minimum absolute atomic E-state index is 0. The highest BCUT2D eigenvalue weighted by Crippen LogP contribution is 2.28. The molecule has 1 amide bonds. The molecule has 2 heterocycles. The fraction of sp³-hybridized carbons (Fsp3) is 0.588. The van der Waals surface area contributed by atoms with Crippen molar-refractivity contribution in [2.45, 2.75) is 31.8 Å². The third-order valence-corrected chi connectivity index (χ3v) is 4.29. The summed E-state index contributed by atoms with van der Waals surface area (Å²) in [6, 6.07) is 8.09. The van der Waals surface area contributed by atoms with Gasteiger partial charge in [0, 0.05) is 26.2 Å². The molecular formula is C17H27Cl2N3O2. The summed E-state index contributed by atoms with van der Waals surface area (Å²) in [5, 5.41) is 6.32. The number of piperidine rings is 1. The van der Waals surface area contributed by atoms with E-state index in [-0.39, 0.29) is 36.8 Å². The second-order valence-electron chi connectivity index (χ2n) is 6.01. The van der Waals surface area contributed by atoms with Gasteiger partial charge in [0.15, 0.2) is 0 Å². The zero-order valence-electron chi connectivity index (χ0n) is 13.8. The highest BCUT2D eigenvalue weighted by atomic mass is 35.5. The molecule has 24 heavy (non-hydrogen) atoms. The Labute approximate surface area is 156 Å². The predicted molar refractivity (Wildman–Crippen MR) is 103 cm³/mol. The van der Waals surface area contributed by atoms with Crippen molar-refractivity contribution >= 4 is 42.1 Å². The molecule has 0 bridgehead atoms. The van der Waals surface area contributed by atoms with Gasteiger partial charge in [0.05, 0.1) is 30.5 Å². The molecule has 0 aromatic heterocycles. The summed E-state index contributed by atoms with van der Waals surface area (Å²) in [7, 11) is 0. The van der Waals surface area contributed by atoms with E-state index in [1.165, 1.54) is 19.3 Å². The maximum Gasteiger partial charge on any atom is 0.227 e. The van der Waals surface area contributed by atoms with Gasteiger partial charge in [-0.3, -0.25) is 4.79 Å². The summed E-state index contributed by atoms with van der Waals surface area (Å²) in [4.78, 5) is 14.7. The van der Waals surface area contributed by atoms with Crippen LogP contribution in [0.25, 0.3) is 0 Å². The van der Waals surface area contributed by atoms with E-state index in [9.17, 15) is 4.79 Å². The van der Waals surface area contributed by atoms with Crippen molar-refractivity contribution in [3.05, 3.63) is 24.3 Å². The second-order valence-corrected chi connectivity index (χ2v) is 6.01. The fourth-order valence-electron chi connectivity index (χ4n) is 3.15. The van der Waals surface area contributed by atoms with Crippen LogP contribution in [0.5, 0.6) is 0 Å². The summed E-state index contributed by atoms with van der Waals surface area (Å²) in [5.41, 5.74) is 2.05. The second kappa shape index (κ2) is 10.8. The number of para-hydroxylation sites is 2. The van der Waals surface area contributed by atoms with Gasteiger partial charge in [-0.15, -0.1) is 24.8 Å². The maximum absolute atomic E-state index is 12.3. The lowest BCUT2D eigenvalue weighted by Gasteiger charge is -2.30. The number of amides is 1. The topological polar surface area (TPSA) is 53.6 Å². The molecule has 2 fully saturated rings. The van der Waals surface area contributed by atoms with E-state index < -0.39 is 0 Å². The van der Waals surface area contributed by atoms with Gasteiger partial charge in [0.2, 0.25) is 5.91 Å². The van der Waals surface area contributed by atoms with Gasteiger partial charge >= 0.3 is 0 Å². The van der Waals surface area contributed by atoms with Crippen LogP contribution in [0.1, 0.15) is 25.7 Å². The van der Waals surface area contributed by atoms with Crippen molar-refractivity contribution in [2.75, 3.05) is 43.0 Å². The van der Waals surface area contributed by atoms with E-state index in [4.69, 9.17) is 4.74 Å². The number of benzene rings is 1. The molecule has 7 heteroatoms. The largest absolute Gasteiger partial charge is 0.375 e. The van der Waals surface area contributed by atoms with Gasteiger partial charge < -0.3 is 20.3 Å². The fourth-order valence-corrected chi connectivity index (χ4v) is 3.15. The van der Waals surface area contributed by atoms with E-state index in [2.05, 4.69) is 21.6 Å². The molecule has 1 unspecified atom stereocenters. The molecule has 136 valence electrons. The van der Waals surface area contributed by atoms with Crippen molar-refractivity contribution in [1.29, 1.82) is 0 Å². The molecule has 0 saturated carbocycles. The zero-order chi connectivity index (χ0) is 15.2. The van der Waals surface area contributed by atoms with Crippen LogP contribution >= 0.6 is 24.8 Å². The average Bonchev–Trinajstić information content (AvgIpc) is 2.57. The van der Waals surface area contributed by atoms with Crippen molar-refractivity contribution < 1.29 is 9.53 Å². The lowest BCUT2D eigenvalue weighted by molar-refractivity contribution is -0.119. The normalized spacial score (nSPS) is 20.5. The molecule has 2 saturated heterocycles.